The molecule has 8 heteroatoms. The Kier molecular flexibility index (Phi) is 6.47. The number of anilines is 1. The quantitative estimate of drug-likeness (QED) is 0.464. The van der Waals surface area contributed by atoms with Gasteiger partial charge in [-0.2, -0.15) is 0 Å². The van der Waals surface area contributed by atoms with Crippen LogP contribution in [-0.4, -0.2) is 25.2 Å². The first kappa shape index (κ1) is 19.9. The standard InChI is InChI=1S/C21H21FN4O3/c1-27-15-6-8-20(28-2)18(11-15)26-21(23)25-12-14-5-7-19(17(22)10-14)29-16-4-3-9-24-13-16/h3-11,13H,12H2,1-2H3,(H3,23,25,26). The van der Waals surface area contributed by atoms with Crippen LogP contribution in [0.2, 0.25) is 0 Å². The summed E-state index contributed by atoms with van der Waals surface area (Å²) in [6.07, 6.45) is 3.13. The first-order valence-corrected chi connectivity index (χ1v) is 8.74. The molecule has 2 aromatic carbocycles. The fourth-order valence-electron chi connectivity index (χ4n) is 2.53. The molecule has 0 radical (unpaired) electrons. The van der Waals surface area contributed by atoms with Gasteiger partial charge in [0.15, 0.2) is 17.5 Å². The number of ether oxygens (including phenoxy) is 3. The van der Waals surface area contributed by atoms with E-state index in [0.29, 0.717) is 28.5 Å². The van der Waals surface area contributed by atoms with Crippen LogP contribution in [0.25, 0.3) is 0 Å². The minimum Gasteiger partial charge on any atom is -0.497 e. The molecule has 0 aliphatic rings. The zero-order valence-corrected chi connectivity index (χ0v) is 16.1. The highest BCUT2D eigenvalue weighted by Crippen LogP contribution is 2.29. The van der Waals surface area contributed by atoms with Gasteiger partial charge in [-0.25, -0.2) is 9.38 Å². The number of guanidine groups is 1. The molecule has 150 valence electrons. The Hall–Kier alpha value is -3.81. The Morgan fingerprint density at radius 2 is 1.90 bits per heavy atom. The Labute approximate surface area is 168 Å². The first-order valence-electron chi connectivity index (χ1n) is 8.74. The smallest absolute Gasteiger partial charge is 0.193 e. The largest absolute Gasteiger partial charge is 0.497 e. The van der Waals surface area contributed by atoms with Crippen molar-refractivity contribution in [3.63, 3.8) is 0 Å². The van der Waals surface area contributed by atoms with Gasteiger partial charge in [0, 0.05) is 12.3 Å². The molecule has 0 bridgehead atoms. The molecule has 1 aromatic heterocycles. The van der Waals surface area contributed by atoms with Crippen LogP contribution in [-0.2, 0) is 6.54 Å². The van der Waals surface area contributed by atoms with Crippen molar-refractivity contribution in [1.29, 1.82) is 0 Å². The number of nitrogens with two attached hydrogens (primary N) is 1. The van der Waals surface area contributed by atoms with Crippen molar-refractivity contribution in [2.75, 3.05) is 19.5 Å². The maximum atomic E-state index is 14.3. The van der Waals surface area contributed by atoms with Crippen molar-refractivity contribution in [3.8, 4) is 23.0 Å². The maximum Gasteiger partial charge on any atom is 0.193 e. The van der Waals surface area contributed by atoms with E-state index in [1.54, 1.807) is 62.9 Å². The third-order valence-electron chi connectivity index (χ3n) is 3.96. The van der Waals surface area contributed by atoms with Gasteiger partial charge in [-0.15, -0.1) is 0 Å². The van der Waals surface area contributed by atoms with E-state index >= 15 is 0 Å². The summed E-state index contributed by atoms with van der Waals surface area (Å²) in [6, 6.07) is 13.3. The van der Waals surface area contributed by atoms with E-state index in [1.807, 2.05) is 0 Å². The summed E-state index contributed by atoms with van der Waals surface area (Å²) in [5.74, 6) is 1.46. The lowest BCUT2D eigenvalue weighted by Gasteiger charge is -2.12. The van der Waals surface area contributed by atoms with Gasteiger partial charge in [-0.05, 0) is 42.0 Å². The molecule has 0 saturated carbocycles. The Bertz CT molecular complexity index is 996. The van der Waals surface area contributed by atoms with Gasteiger partial charge < -0.3 is 25.3 Å². The average Bonchev–Trinajstić information content (AvgIpc) is 2.74. The molecule has 3 aromatic rings. The summed E-state index contributed by atoms with van der Waals surface area (Å²) in [4.78, 5) is 8.18. The van der Waals surface area contributed by atoms with E-state index in [-0.39, 0.29) is 18.3 Å². The number of aromatic nitrogens is 1. The zero-order chi connectivity index (χ0) is 20.6. The highest BCUT2D eigenvalue weighted by Gasteiger charge is 2.08. The van der Waals surface area contributed by atoms with Gasteiger partial charge in [0.2, 0.25) is 0 Å². The van der Waals surface area contributed by atoms with Gasteiger partial charge in [-0.1, -0.05) is 6.07 Å². The van der Waals surface area contributed by atoms with Gasteiger partial charge in [0.1, 0.15) is 17.2 Å². The van der Waals surface area contributed by atoms with Crippen LogP contribution in [0.15, 0.2) is 65.9 Å². The molecule has 0 atom stereocenters. The minimum absolute atomic E-state index is 0.109. The first-order chi connectivity index (χ1) is 14.1. The predicted molar refractivity (Wildman–Crippen MR) is 109 cm³/mol. The number of halogens is 1. The monoisotopic (exact) mass is 396 g/mol. The molecule has 3 N–H and O–H groups in total. The fraction of sp³-hybridized carbons (Fsp3) is 0.143. The Morgan fingerprint density at radius 3 is 2.59 bits per heavy atom. The third-order valence-corrected chi connectivity index (χ3v) is 3.96. The summed E-state index contributed by atoms with van der Waals surface area (Å²) in [5, 5.41) is 2.96. The number of aliphatic imine (C=N–C) groups is 1. The van der Waals surface area contributed by atoms with Crippen molar-refractivity contribution in [3.05, 3.63) is 72.3 Å². The highest BCUT2D eigenvalue weighted by molar-refractivity contribution is 5.94. The van der Waals surface area contributed by atoms with Gasteiger partial charge in [-0.3, -0.25) is 4.98 Å². The van der Waals surface area contributed by atoms with E-state index in [2.05, 4.69) is 15.3 Å². The number of hydrogen-bond donors (Lipinski definition) is 2. The molecule has 0 unspecified atom stereocenters. The molecule has 29 heavy (non-hydrogen) atoms. The number of benzene rings is 2. The van der Waals surface area contributed by atoms with E-state index in [9.17, 15) is 4.39 Å². The molecule has 0 spiro atoms. The lowest BCUT2D eigenvalue weighted by atomic mass is 10.2. The number of nitrogens with zero attached hydrogens (tertiary/aromatic N) is 2. The highest BCUT2D eigenvalue weighted by atomic mass is 19.1. The summed E-state index contributed by atoms with van der Waals surface area (Å²) in [7, 11) is 3.12. The van der Waals surface area contributed by atoms with Crippen molar-refractivity contribution in [1.82, 2.24) is 4.98 Å². The lowest BCUT2D eigenvalue weighted by molar-refractivity contribution is 0.405. The van der Waals surface area contributed by atoms with Crippen molar-refractivity contribution in [2.24, 2.45) is 10.7 Å². The molecule has 0 fully saturated rings. The van der Waals surface area contributed by atoms with E-state index in [0.717, 1.165) is 0 Å². The van der Waals surface area contributed by atoms with Crippen LogP contribution in [0.4, 0.5) is 10.1 Å². The Morgan fingerprint density at radius 1 is 1.07 bits per heavy atom. The van der Waals surface area contributed by atoms with Gasteiger partial charge in [0.25, 0.3) is 0 Å². The van der Waals surface area contributed by atoms with Crippen LogP contribution in [0.3, 0.4) is 0 Å². The second kappa shape index (κ2) is 9.41. The summed E-state index contributed by atoms with van der Waals surface area (Å²) in [6.45, 7) is 0.190. The molecular formula is C21H21FN4O3. The Balaban J connectivity index is 1.67. The van der Waals surface area contributed by atoms with Crippen LogP contribution in [0.5, 0.6) is 23.0 Å². The number of rotatable bonds is 7. The van der Waals surface area contributed by atoms with Crippen molar-refractivity contribution < 1.29 is 18.6 Å². The summed E-state index contributed by atoms with van der Waals surface area (Å²) in [5.41, 5.74) is 7.21. The van der Waals surface area contributed by atoms with Crippen molar-refractivity contribution in [2.45, 2.75) is 6.54 Å². The molecule has 7 nitrogen and oxygen atoms in total. The maximum absolute atomic E-state index is 14.3. The van der Waals surface area contributed by atoms with E-state index in [4.69, 9.17) is 19.9 Å². The second-order valence-corrected chi connectivity index (χ2v) is 5.95. The SMILES string of the molecule is COc1ccc(OC)c(NC(N)=NCc2ccc(Oc3cccnc3)c(F)c2)c1. The molecule has 1 heterocycles. The molecular weight excluding hydrogens is 375 g/mol. The normalized spacial score (nSPS) is 11.1. The van der Waals surface area contributed by atoms with Crippen LogP contribution in [0, 0.1) is 5.82 Å². The topological polar surface area (TPSA) is 91.0 Å². The van der Waals surface area contributed by atoms with Crippen LogP contribution < -0.4 is 25.3 Å². The molecule has 0 amide bonds. The van der Waals surface area contributed by atoms with Crippen molar-refractivity contribution >= 4 is 11.6 Å². The zero-order valence-electron chi connectivity index (χ0n) is 16.1. The van der Waals surface area contributed by atoms with E-state index in [1.165, 1.54) is 12.3 Å². The predicted octanol–water partition coefficient (Wildman–Crippen LogP) is 3.96. The van der Waals surface area contributed by atoms with Gasteiger partial charge >= 0.3 is 0 Å². The molecule has 0 aliphatic carbocycles. The number of nitrogens with one attached hydrogen (secondary N) is 1. The third kappa shape index (κ3) is 5.35. The van der Waals surface area contributed by atoms with Gasteiger partial charge in [0.05, 0.1) is 32.6 Å². The summed E-state index contributed by atoms with van der Waals surface area (Å²) < 4.78 is 30.3. The number of pyridine rings is 1. The second-order valence-electron chi connectivity index (χ2n) is 5.95. The number of methoxy groups -OCH3 is 2. The average molecular weight is 396 g/mol. The molecule has 0 saturated heterocycles. The molecule has 3 rings (SSSR count). The molecule has 0 aliphatic heterocycles. The van der Waals surface area contributed by atoms with Crippen LogP contribution >= 0.6 is 0 Å². The fourth-order valence-corrected chi connectivity index (χ4v) is 2.53. The van der Waals surface area contributed by atoms with E-state index < -0.39 is 5.82 Å². The summed E-state index contributed by atoms with van der Waals surface area (Å²) >= 11 is 0. The number of hydrogen-bond acceptors (Lipinski definition) is 5. The lowest BCUT2D eigenvalue weighted by Crippen LogP contribution is -2.23. The minimum atomic E-state index is -0.498. The van der Waals surface area contributed by atoms with Crippen LogP contribution in [0.1, 0.15) is 5.56 Å².